The van der Waals surface area contributed by atoms with Crippen LogP contribution in [0, 0.1) is 0 Å². The van der Waals surface area contributed by atoms with Gasteiger partial charge in [-0.25, -0.2) is 4.98 Å². The van der Waals surface area contributed by atoms with E-state index in [1.165, 1.54) is 9.71 Å². The first-order valence-electron chi connectivity index (χ1n) is 9.26. The lowest BCUT2D eigenvalue weighted by Gasteiger charge is -2.31. The Morgan fingerprint density at radius 1 is 1.22 bits per heavy atom. The van der Waals surface area contributed by atoms with E-state index < -0.39 is 0 Å². The van der Waals surface area contributed by atoms with Crippen molar-refractivity contribution in [2.45, 2.75) is 25.3 Å². The molecule has 4 nitrogen and oxygen atoms in total. The molecule has 6 heteroatoms. The first kappa shape index (κ1) is 18.4. The molecule has 1 atom stereocenters. The van der Waals surface area contributed by atoms with Gasteiger partial charge in [0.05, 0.1) is 21.8 Å². The van der Waals surface area contributed by atoms with E-state index in [0.29, 0.717) is 24.0 Å². The number of fused-ring (bicyclic) bond motifs is 1. The number of hydrogen-bond acceptors (Lipinski definition) is 4. The summed E-state index contributed by atoms with van der Waals surface area (Å²) in [5.41, 5.74) is 2.13. The van der Waals surface area contributed by atoms with Gasteiger partial charge in [0.1, 0.15) is 0 Å². The van der Waals surface area contributed by atoms with Crippen LogP contribution in [0.15, 0.2) is 48.5 Å². The first-order chi connectivity index (χ1) is 13.2. The number of para-hydroxylation sites is 1. The number of nitrogens with zero attached hydrogens (tertiary/aromatic N) is 2. The molecule has 0 saturated carbocycles. The molecule has 1 aliphatic heterocycles. The Balaban J connectivity index is 1.32. The van der Waals surface area contributed by atoms with Crippen molar-refractivity contribution in [1.29, 1.82) is 0 Å². The summed E-state index contributed by atoms with van der Waals surface area (Å²) >= 11 is 7.68. The minimum atomic E-state index is 0.0647. The number of carbonyl (C=O) groups is 1. The molecule has 1 saturated heterocycles. The molecule has 3 aromatic rings. The van der Waals surface area contributed by atoms with Crippen molar-refractivity contribution in [2.75, 3.05) is 19.6 Å². The fourth-order valence-corrected chi connectivity index (χ4v) is 4.75. The summed E-state index contributed by atoms with van der Waals surface area (Å²) in [5.74, 6) is 0.482. The molecule has 1 fully saturated rings. The zero-order chi connectivity index (χ0) is 18.6. The Hall–Kier alpha value is -1.95. The number of carbonyl (C=O) groups excluding carboxylic acids is 1. The molecule has 0 spiro atoms. The minimum absolute atomic E-state index is 0.0647. The van der Waals surface area contributed by atoms with E-state index in [0.717, 1.165) is 37.0 Å². The van der Waals surface area contributed by atoms with Gasteiger partial charge < -0.3 is 5.32 Å². The molecule has 1 amide bonds. The van der Waals surface area contributed by atoms with Gasteiger partial charge in [0.15, 0.2) is 0 Å². The number of likely N-dealkylation sites (tertiary alicyclic amines) is 1. The van der Waals surface area contributed by atoms with Gasteiger partial charge in [-0.05, 0) is 49.2 Å². The first-order valence-corrected chi connectivity index (χ1v) is 10.5. The number of nitrogens with one attached hydrogen (secondary N) is 1. The summed E-state index contributed by atoms with van der Waals surface area (Å²) in [6, 6.07) is 15.8. The second-order valence-corrected chi connectivity index (χ2v) is 8.50. The minimum Gasteiger partial charge on any atom is -0.351 e. The molecule has 1 aromatic heterocycles. The average molecular weight is 400 g/mol. The standard InChI is InChI=1S/C21H22ClN3OS/c22-17-9-7-15(8-10-17)12-23-20(26)14-25-11-3-4-16(13-25)21-24-18-5-1-2-6-19(18)27-21/h1-2,5-10,16H,3-4,11-14H2,(H,23,26)/t16-/m1/s1. The second kappa shape index (κ2) is 8.38. The summed E-state index contributed by atoms with van der Waals surface area (Å²) in [7, 11) is 0. The lowest BCUT2D eigenvalue weighted by molar-refractivity contribution is -0.122. The highest BCUT2D eigenvalue weighted by Crippen LogP contribution is 2.32. The van der Waals surface area contributed by atoms with Crippen molar-refractivity contribution in [1.82, 2.24) is 15.2 Å². The Bertz CT molecular complexity index is 892. The number of aromatic nitrogens is 1. The number of benzene rings is 2. The predicted molar refractivity (Wildman–Crippen MR) is 111 cm³/mol. The van der Waals surface area contributed by atoms with Crippen LogP contribution >= 0.6 is 22.9 Å². The van der Waals surface area contributed by atoms with Crippen LogP contribution in [0.1, 0.15) is 29.3 Å². The summed E-state index contributed by atoms with van der Waals surface area (Å²) in [4.78, 5) is 19.4. The van der Waals surface area contributed by atoms with Crippen LogP contribution in [0.2, 0.25) is 5.02 Å². The molecule has 2 heterocycles. The van der Waals surface area contributed by atoms with Crippen LogP contribution in [0.5, 0.6) is 0 Å². The van der Waals surface area contributed by atoms with E-state index in [9.17, 15) is 4.79 Å². The third-order valence-electron chi connectivity index (χ3n) is 4.94. The van der Waals surface area contributed by atoms with Crippen LogP contribution < -0.4 is 5.32 Å². The van der Waals surface area contributed by atoms with Gasteiger partial charge in [-0.3, -0.25) is 9.69 Å². The molecule has 1 N–H and O–H groups in total. The number of hydrogen-bond donors (Lipinski definition) is 1. The van der Waals surface area contributed by atoms with Gasteiger partial charge in [0.2, 0.25) is 5.91 Å². The lowest BCUT2D eigenvalue weighted by atomic mass is 9.99. The Morgan fingerprint density at radius 3 is 2.85 bits per heavy atom. The Kier molecular flexibility index (Phi) is 5.72. The maximum Gasteiger partial charge on any atom is 0.234 e. The number of rotatable bonds is 5. The average Bonchev–Trinajstić information content (AvgIpc) is 3.12. The summed E-state index contributed by atoms with van der Waals surface area (Å²) in [6.07, 6.45) is 2.24. The molecular weight excluding hydrogens is 378 g/mol. The fourth-order valence-electron chi connectivity index (χ4n) is 3.53. The van der Waals surface area contributed by atoms with E-state index in [4.69, 9.17) is 16.6 Å². The maximum absolute atomic E-state index is 12.3. The van der Waals surface area contributed by atoms with Gasteiger partial charge >= 0.3 is 0 Å². The predicted octanol–water partition coefficient (Wildman–Crippen LogP) is 4.45. The van der Waals surface area contributed by atoms with Crippen molar-refractivity contribution in [3.05, 3.63) is 64.1 Å². The number of amides is 1. The van der Waals surface area contributed by atoms with Crippen molar-refractivity contribution in [2.24, 2.45) is 0 Å². The van der Waals surface area contributed by atoms with E-state index >= 15 is 0 Å². The molecule has 27 heavy (non-hydrogen) atoms. The van der Waals surface area contributed by atoms with Crippen LogP contribution in [-0.4, -0.2) is 35.4 Å². The molecular formula is C21H22ClN3OS. The van der Waals surface area contributed by atoms with Gasteiger partial charge in [0.25, 0.3) is 0 Å². The summed E-state index contributed by atoms with van der Waals surface area (Å²) in [6.45, 7) is 2.84. The Morgan fingerprint density at radius 2 is 2.04 bits per heavy atom. The van der Waals surface area contributed by atoms with Gasteiger partial charge in [-0.15, -0.1) is 11.3 Å². The van der Waals surface area contributed by atoms with Crippen LogP contribution in [-0.2, 0) is 11.3 Å². The SMILES string of the molecule is O=C(CN1CCC[C@@H](c2nc3ccccc3s2)C1)NCc1ccc(Cl)cc1. The van der Waals surface area contributed by atoms with E-state index in [1.807, 2.05) is 30.3 Å². The van der Waals surface area contributed by atoms with Crippen molar-refractivity contribution < 1.29 is 4.79 Å². The molecule has 1 aliphatic rings. The third-order valence-corrected chi connectivity index (χ3v) is 6.39. The van der Waals surface area contributed by atoms with Crippen molar-refractivity contribution in [3.8, 4) is 0 Å². The number of thiazole rings is 1. The normalized spacial score (nSPS) is 17.9. The van der Waals surface area contributed by atoms with Crippen LogP contribution in [0.25, 0.3) is 10.2 Å². The van der Waals surface area contributed by atoms with E-state index in [1.54, 1.807) is 11.3 Å². The largest absolute Gasteiger partial charge is 0.351 e. The Labute approximate surface area is 168 Å². The van der Waals surface area contributed by atoms with Crippen LogP contribution in [0.3, 0.4) is 0 Å². The smallest absolute Gasteiger partial charge is 0.234 e. The van der Waals surface area contributed by atoms with E-state index in [-0.39, 0.29) is 5.91 Å². The topological polar surface area (TPSA) is 45.2 Å². The second-order valence-electron chi connectivity index (χ2n) is 7.00. The summed E-state index contributed by atoms with van der Waals surface area (Å²) < 4.78 is 1.24. The zero-order valence-electron chi connectivity index (χ0n) is 15.0. The highest BCUT2D eigenvalue weighted by Gasteiger charge is 2.25. The molecule has 2 aromatic carbocycles. The fraction of sp³-hybridized carbons (Fsp3) is 0.333. The van der Waals surface area contributed by atoms with Gasteiger partial charge in [-0.2, -0.15) is 0 Å². The van der Waals surface area contributed by atoms with Gasteiger partial charge in [-0.1, -0.05) is 35.9 Å². The van der Waals surface area contributed by atoms with E-state index in [2.05, 4.69) is 28.4 Å². The number of halogens is 1. The third kappa shape index (κ3) is 4.67. The van der Waals surface area contributed by atoms with Crippen molar-refractivity contribution in [3.63, 3.8) is 0 Å². The lowest BCUT2D eigenvalue weighted by Crippen LogP contribution is -2.41. The molecule has 4 rings (SSSR count). The molecule has 0 unspecified atom stereocenters. The molecule has 0 aliphatic carbocycles. The number of piperidine rings is 1. The highest BCUT2D eigenvalue weighted by atomic mass is 35.5. The van der Waals surface area contributed by atoms with Gasteiger partial charge in [0, 0.05) is 24.0 Å². The van der Waals surface area contributed by atoms with Crippen molar-refractivity contribution >= 4 is 39.1 Å². The molecule has 0 bridgehead atoms. The monoisotopic (exact) mass is 399 g/mol. The van der Waals surface area contributed by atoms with Crippen LogP contribution in [0.4, 0.5) is 0 Å². The highest BCUT2D eigenvalue weighted by molar-refractivity contribution is 7.18. The summed E-state index contributed by atoms with van der Waals surface area (Å²) in [5, 5.41) is 4.91. The quantitative estimate of drug-likeness (QED) is 0.689. The zero-order valence-corrected chi connectivity index (χ0v) is 16.6. The maximum atomic E-state index is 12.3. The molecule has 140 valence electrons. The molecule has 0 radical (unpaired) electrons.